The van der Waals surface area contributed by atoms with Crippen molar-refractivity contribution in [2.75, 3.05) is 6.61 Å². The van der Waals surface area contributed by atoms with Crippen molar-refractivity contribution in [3.05, 3.63) is 59.4 Å². The molecule has 1 N–H and O–H groups in total. The van der Waals surface area contributed by atoms with Crippen molar-refractivity contribution in [1.29, 1.82) is 0 Å². The first kappa shape index (κ1) is 17.3. The molecule has 1 fully saturated rings. The van der Waals surface area contributed by atoms with Gasteiger partial charge in [-0.1, -0.05) is 12.1 Å². The van der Waals surface area contributed by atoms with Crippen LogP contribution in [0.1, 0.15) is 40.9 Å². The van der Waals surface area contributed by atoms with Gasteiger partial charge in [0.2, 0.25) is 0 Å². The quantitative estimate of drug-likeness (QED) is 0.893. The average Bonchev–Trinajstić information content (AvgIpc) is 3.34. The van der Waals surface area contributed by atoms with E-state index in [1.807, 2.05) is 31.2 Å². The molecule has 132 valence electrons. The number of nitrogens with one attached hydrogen (secondary N) is 1. The predicted molar refractivity (Wildman–Crippen MR) is 85.5 cm³/mol. The van der Waals surface area contributed by atoms with E-state index in [9.17, 15) is 18.0 Å². The van der Waals surface area contributed by atoms with Gasteiger partial charge < -0.3 is 10.1 Å². The number of benzene rings is 1. The molecule has 0 unspecified atom stereocenters. The first-order chi connectivity index (χ1) is 11.9. The lowest BCUT2D eigenvalue weighted by atomic mass is 10.1. The number of nitrogens with zero attached hydrogens (tertiary/aromatic N) is 1. The van der Waals surface area contributed by atoms with E-state index in [4.69, 9.17) is 4.74 Å². The number of alkyl halides is 3. The standard InChI is InChI=1S/C18H17F3N2O2/c1-2-25-13-5-3-11(4-6-13)14-10-15(14)23-17(24)12-7-8-22-16(9-12)18(19,20)21/h3-9,14-15H,2,10H2,1H3,(H,23,24)/t14-,15+/m0/s1. The molecule has 3 rings (SSSR count). The van der Waals surface area contributed by atoms with E-state index in [0.29, 0.717) is 6.61 Å². The molecule has 1 amide bonds. The van der Waals surface area contributed by atoms with Crippen LogP contribution in [-0.4, -0.2) is 23.5 Å². The minimum Gasteiger partial charge on any atom is -0.494 e. The zero-order valence-electron chi connectivity index (χ0n) is 13.5. The normalized spacial score (nSPS) is 19.4. The molecule has 1 aromatic carbocycles. The molecule has 0 radical (unpaired) electrons. The Balaban J connectivity index is 1.62. The number of rotatable bonds is 5. The molecule has 7 heteroatoms. The van der Waals surface area contributed by atoms with Gasteiger partial charge >= 0.3 is 6.18 Å². The zero-order chi connectivity index (χ0) is 18.0. The number of carbonyl (C=O) groups excluding carboxylic acids is 1. The molecule has 4 nitrogen and oxygen atoms in total. The number of halogens is 3. The summed E-state index contributed by atoms with van der Waals surface area (Å²) in [6.45, 7) is 2.50. The van der Waals surface area contributed by atoms with Crippen molar-refractivity contribution in [3.8, 4) is 5.75 Å². The van der Waals surface area contributed by atoms with Gasteiger partial charge in [0.15, 0.2) is 0 Å². The van der Waals surface area contributed by atoms with Crippen molar-refractivity contribution in [1.82, 2.24) is 10.3 Å². The van der Waals surface area contributed by atoms with Crippen molar-refractivity contribution < 1.29 is 22.7 Å². The highest BCUT2D eigenvalue weighted by Crippen LogP contribution is 2.41. The van der Waals surface area contributed by atoms with E-state index in [2.05, 4.69) is 10.3 Å². The highest BCUT2D eigenvalue weighted by molar-refractivity contribution is 5.94. The summed E-state index contributed by atoms with van der Waals surface area (Å²) in [5.74, 6) is 0.429. The second-order valence-electron chi connectivity index (χ2n) is 5.85. The molecule has 1 aliphatic carbocycles. The second-order valence-corrected chi connectivity index (χ2v) is 5.85. The minimum absolute atomic E-state index is 0.0420. The molecular weight excluding hydrogens is 333 g/mol. The summed E-state index contributed by atoms with van der Waals surface area (Å²) in [5, 5.41) is 2.77. The van der Waals surface area contributed by atoms with Crippen LogP contribution in [0, 0.1) is 0 Å². The van der Waals surface area contributed by atoms with E-state index in [1.165, 1.54) is 6.07 Å². The summed E-state index contributed by atoms with van der Waals surface area (Å²) in [7, 11) is 0. The highest BCUT2D eigenvalue weighted by Gasteiger charge is 2.40. The van der Waals surface area contributed by atoms with Crippen molar-refractivity contribution in [3.63, 3.8) is 0 Å². The third kappa shape index (κ3) is 4.10. The Morgan fingerprint density at radius 1 is 1.28 bits per heavy atom. The molecule has 1 aromatic heterocycles. The lowest BCUT2D eigenvalue weighted by Gasteiger charge is -2.09. The van der Waals surface area contributed by atoms with Gasteiger partial charge in [-0.15, -0.1) is 0 Å². The first-order valence-electron chi connectivity index (χ1n) is 7.95. The molecule has 0 aliphatic heterocycles. The number of hydrogen-bond acceptors (Lipinski definition) is 3. The fraction of sp³-hybridized carbons (Fsp3) is 0.333. The Hall–Kier alpha value is -2.57. The van der Waals surface area contributed by atoms with Gasteiger partial charge in [0.05, 0.1) is 6.61 Å². The fourth-order valence-corrected chi connectivity index (χ4v) is 2.68. The van der Waals surface area contributed by atoms with Crippen LogP contribution in [0.4, 0.5) is 13.2 Å². The predicted octanol–water partition coefficient (Wildman–Crippen LogP) is 3.79. The molecule has 2 atom stereocenters. The molecular formula is C18H17F3N2O2. The van der Waals surface area contributed by atoms with Crippen LogP contribution in [0.5, 0.6) is 5.75 Å². The van der Waals surface area contributed by atoms with Crippen LogP contribution in [-0.2, 0) is 6.18 Å². The monoisotopic (exact) mass is 350 g/mol. The molecule has 0 bridgehead atoms. The first-order valence-corrected chi connectivity index (χ1v) is 7.95. The topological polar surface area (TPSA) is 51.2 Å². The Kier molecular flexibility index (Phi) is 4.65. The Labute approximate surface area is 143 Å². The van der Waals surface area contributed by atoms with Crippen molar-refractivity contribution in [2.45, 2.75) is 31.5 Å². The van der Waals surface area contributed by atoms with E-state index >= 15 is 0 Å². The highest BCUT2D eigenvalue weighted by atomic mass is 19.4. The van der Waals surface area contributed by atoms with Crippen LogP contribution < -0.4 is 10.1 Å². The SMILES string of the molecule is CCOc1ccc([C@@H]2C[C@H]2NC(=O)c2ccnc(C(F)(F)F)c2)cc1. The maximum atomic E-state index is 12.7. The second kappa shape index (κ2) is 6.74. The summed E-state index contributed by atoms with van der Waals surface area (Å²) in [5.41, 5.74) is -0.0434. The van der Waals surface area contributed by atoms with Gasteiger partial charge in [-0.05, 0) is 43.2 Å². The number of amides is 1. The lowest BCUT2D eigenvalue weighted by Crippen LogP contribution is -2.27. The van der Waals surface area contributed by atoms with E-state index in [-0.39, 0.29) is 17.5 Å². The molecule has 1 heterocycles. The van der Waals surface area contributed by atoms with Crippen LogP contribution >= 0.6 is 0 Å². The number of ether oxygens (including phenoxy) is 1. The van der Waals surface area contributed by atoms with Crippen molar-refractivity contribution >= 4 is 5.91 Å². The third-order valence-electron chi connectivity index (χ3n) is 4.04. The minimum atomic E-state index is -4.57. The van der Waals surface area contributed by atoms with E-state index in [0.717, 1.165) is 30.0 Å². The Bertz CT molecular complexity index is 760. The number of pyridine rings is 1. The molecule has 1 aliphatic rings. The molecule has 2 aromatic rings. The summed E-state index contributed by atoms with van der Waals surface area (Å²) in [6.07, 6.45) is -2.81. The van der Waals surface area contributed by atoms with Crippen LogP contribution in [0.2, 0.25) is 0 Å². The van der Waals surface area contributed by atoms with Crippen LogP contribution in [0.15, 0.2) is 42.6 Å². The zero-order valence-corrected chi connectivity index (χ0v) is 13.5. The molecule has 1 saturated carbocycles. The van der Waals surface area contributed by atoms with E-state index < -0.39 is 17.8 Å². The van der Waals surface area contributed by atoms with Gasteiger partial charge in [-0.2, -0.15) is 13.2 Å². The lowest BCUT2D eigenvalue weighted by molar-refractivity contribution is -0.141. The molecule has 0 spiro atoms. The fourth-order valence-electron chi connectivity index (χ4n) is 2.68. The average molecular weight is 350 g/mol. The van der Waals surface area contributed by atoms with E-state index in [1.54, 1.807) is 0 Å². The summed E-state index contributed by atoms with van der Waals surface area (Å²) in [4.78, 5) is 15.4. The molecule has 25 heavy (non-hydrogen) atoms. The maximum Gasteiger partial charge on any atom is 0.433 e. The maximum absolute atomic E-state index is 12.7. The molecule has 0 saturated heterocycles. The Morgan fingerprint density at radius 2 is 2.00 bits per heavy atom. The summed E-state index contributed by atoms with van der Waals surface area (Å²) >= 11 is 0. The van der Waals surface area contributed by atoms with Crippen LogP contribution in [0.3, 0.4) is 0 Å². The van der Waals surface area contributed by atoms with Gasteiger partial charge in [0.25, 0.3) is 5.91 Å². The number of hydrogen-bond donors (Lipinski definition) is 1. The van der Waals surface area contributed by atoms with Crippen LogP contribution in [0.25, 0.3) is 0 Å². The van der Waals surface area contributed by atoms with Gasteiger partial charge in [-0.25, -0.2) is 0 Å². The van der Waals surface area contributed by atoms with Gasteiger partial charge in [0, 0.05) is 23.7 Å². The van der Waals surface area contributed by atoms with Crippen molar-refractivity contribution in [2.24, 2.45) is 0 Å². The third-order valence-corrected chi connectivity index (χ3v) is 4.04. The Morgan fingerprint density at radius 3 is 2.64 bits per heavy atom. The number of carbonyl (C=O) groups is 1. The van der Waals surface area contributed by atoms with Gasteiger partial charge in [-0.3, -0.25) is 9.78 Å². The summed E-state index contributed by atoms with van der Waals surface area (Å²) < 4.78 is 43.4. The summed E-state index contributed by atoms with van der Waals surface area (Å²) in [6, 6.07) is 9.59. The largest absolute Gasteiger partial charge is 0.494 e. The number of aromatic nitrogens is 1. The smallest absolute Gasteiger partial charge is 0.433 e. The van der Waals surface area contributed by atoms with Gasteiger partial charge in [0.1, 0.15) is 11.4 Å².